The second-order valence-electron chi connectivity index (χ2n) is 4.35. The van der Waals surface area contributed by atoms with Crippen LogP contribution in [-0.4, -0.2) is 38.0 Å². The average Bonchev–Trinajstić information content (AvgIpc) is 2.38. The van der Waals surface area contributed by atoms with E-state index in [4.69, 9.17) is 0 Å². The summed E-state index contributed by atoms with van der Waals surface area (Å²) < 4.78 is 0. The standard InChI is InChI=1S/C14H21N3O2/c1-11-3-5-13(6-4-11)14(19)17-10-8-15-7-9-16-12(2)18/h3-6,15H,7-10H2,1-2H3,(H,16,18)(H,17,19). The van der Waals surface area contributed by atoms with E-state index >= 15 is 0 Å². The molecule has 0 radical (unpaired) electrons. The quantitative estimate of drug-likeness (QED) is 0.626. The molecule has 0 bridgehead atoms. The minimum Gasteiger partial charge on any atom is -0.355 e. The third-order valence-corrected chi connectivity index (χ3v) is 2.58. The maximum absolute atomic E-state index is 11.7. The van der Waals surface area contributed by atoms with Crippen molar-refractivity contribution in [2.24, 2.45) is 0 Å². The highest BCUT2D eigenvalue weighted by atomic mass is 16.2. The van der Waals surface area contributed by atoms with Gasteiger partial charge in [0.05, 0.1) is 0 Å². The van der Waals surface area contributed by atoms with Gasteiger partial charge in [-0.2, -0.15) is 0 Å². The van der Waals surface area contributed by atoms with Gasteiger partial charge in [-0.1, -0.05) is 17.7 Å². The van der Waals surface area contributed by atoms with E-state index in [0.29, 0.717) is 31.7 Å². The molecule has 19 heavy (non-hydrogen) atoms. The Morgan fingerprint density at radius 1 is 0.947 bits per heavy atom. The molecule has 0 aromatic heterocycles. The van der Waals surface area contributed by atoms with Gasteiger partial charge in [-0.25, -0.2) is 0 Å². The van der Waals surface area contributed by atoms with Crippen LogP contribution in [0.25, 0.3) is 0 Å². The number of hydrogen-bond donors (Lipinski definition) is 3. The van der Waals surface area contributed by atoms with Crippen molar-refractivity contribution in [2.45, 2.75) is 13.8 Å². The maximum atomic E-state index is 11.7. The van der Waals surface area contributed by atoms with Crippen molar-refractivity contribution in [2.75, 3.05) is 26.2 Å². The van der Waals surface area contributed by atoms with Gasteiger partial charge in [0.1, 0.15) is 0 Å². The molecule has 1 aromatic carbocycles. The molecule has 0 saturated carbocycles. The third-order valence-electron chi connectivity index (χ3n) is 2.58. The lowest BCUT2D eigenvalue weighted by atomic mass is 10.1. The predicted octanol–water partition coefficient (Wildman–Crippen LogP) is 0.451. The van der Waals surface area contributed by atoms with Crippen LogP contribution in [0.3, 0.4) is 0 Å². The van der Waals surface area contributed by atoms with Crippen LogP contribution in [0.4, 0.5) is 0 Å². The first-order valence-corrected chi connectivity index (χ1v) is 6.39. The fraction of sp³-hybridized carbons (Fsp3) is 0.429. The second kappa shape index (κ2) is 8.26. The van der Waals surface area contributed by atoms with Gasteiger partial charge in [0.25, 0.3) is 5.91 Å². The van der Waals surface area contributed by atoms with E-state index in [1.807, 2.05) is 31.2 Å². The third kappa shape index (κ3) is 6.57. The summed E-state index contributed by atoms with van der Waals surface area (Å²) in [4.78, 5) is 22.3. The Kier molecular flexibility index (Phi) is 6.60. The summed E-state index contributed by atoms with van der Waals surface area (Å²) in [5.41, 5.74) is 1.81. The van der Waals surface area contributed by atoms with E-state index < -0.39 is 0 Å². The fourth-order valence-electron chi connectivity index (χ4n) is 1.52. The molecule has 1 aromatic rings. The molecular weight excluding hydrogens is 242 g/mol. The second-order valence-corrected chi connectivity index (χ2v) is 4.35. The summed E-state index contributed by atoms with van der Waals surface area (Å²) in [6, 6.07) is 7.46. The number of rotatable bonds is 7. The van der Waals surface area contributed by atoms with Crippen molar-refractivity contribution >= 4 is 11.8 Å². The van der Waals surface area contributed by atoms with Gasteiger partial charge in [-0.15, -0.1) is 0 Å². The van der Waals surface area contributed by atoms with Crippen LogP contribution in [-0.2, 0) is 4.79 Å². The van der Waals surface area contributed by atoms with E-state index in [1.165, 1.54) is 6.92 Å². The zero-order chi connectivity index (χ0) is 14.1. The lowest BCUT2D eigenvalue weighted by Gasteiger charge is -2.07. The van der Waals surface area contributed by atoms with Gasteiger partial charge < -0.3 is 16.0 Å². The molecule has 104 valence electrons. The Bertz CT molecular complexity index is 415. The zero-order valence-corrected chi connectivity index (χ0v) is 11.5. The van der Waals surface area contributed by atoms with Gasteiger partial charge in [0.15, 0.2) is 0 Å². The number of aryl methyl sites for hydroxylation is 1. The number of amides is 2. The Balaban J connectivity index is 2.11. The largest absolute Gasteiger partial charge is 0.355 e. The first-order valence-electron chi connectivity index (χ1n) is 6.39. The van der Waals surface area contributed by atoms with E-state index in [1.54, 1.807) is 0 Å². The summed E-state index contributed by atoms with van der Waals surface area (Å²) in [5, 5.41) is 8.64. The molecule has 2 amide bonds. The number of benzene rings is 1. The summed E-state index contributed by atoms with van der Waals surface area (Å²) in [6.45, 7) is 6.01. The van der Waals surface area contributed by atoms with Crippen molar-refractivity contribution < 1.29 is 9.59 Å². The van der Waals surface area contributed by atoms with Gasteiger partial charge in [-0.05, 0) is 19.1 Å². The summed E-state index contributed by atoms with van der Waals surface area (Å²) in [7, 11) is 0. The number of carbonyl (C=O) groups excluding carboxylic acids is 2. The molecule has 5 nitrogen and oxygen atoms in total. The van der Waals surface area contributed by atoms with Gasteiger partial charge >= 0.3 is 0 Å². The Morgan fingerprint density at radius 2 is 1.53 bits per heavy atom. The van der Waals surface area contributed by atoms with Gasteiger partial charge in [-0.3, -0.25) is 9.59 Å². The summed E-state index contributed by atoms with van der Waals surface area (Å²) >= 11 is 0. The lowest BCUT2D eigenvalue weighted by Crippen LogP contribution is -2.35. The van der Waals surface area contributed by atoms with Crippen LogP contribution < -0.4 is 16.0 Å². The van der Waals surface area contributed by atoms with Crippen LogP contribution >= 0.6 is 0 Å². The molecule has 0 atom stereocenters. The Morgan fingerprint density at radius 3 is 2.11 bits per heavy atom. The van der Waals surface area contributed by atoms with Crippen molar-refractivity contribution in [1.82, 2.24) is 16.0 Å². The van der Waals surface area contributed by atoms with Crippen LogP contribution in [0.1, 0.15) is 22.8 Å². The van der Waals surface area contributed by atoms with Crippen LogP contribution in [0.2, 0.25) is 0 Å². The molecule has 0 saturated heterocycles. The number of carbonyl (C=O) groups is 2. The molecule has 1 rings (SSSR count). The highest BCUT2D eigenvalue weighted by molar-refractivity contribution is 5.94. The molecule has 0 aliphatic carbocycles. The fourth-order valence-corrected chi connectivity index (χ4v) is 1.52. The lowest BCUT2D eigenvalue weighted by molar-refractivity contribution is -0.118. The van der Waals surface area contributed by atoms with E-state index in [-0.39, 0.29) is 11.8 Å². The van der Waals surface area contributed by atoms with Gasteiger partial charge in [0, 0.05) is 38.7 Å². The average molecular weight is 263 g/mol. The molecule has 5 heteroatoms. The Hall–Kier alpha value is -1.88. The molecule has 3 N–H and O–H groups in total. The molecule has 0 fully saturated rings. The molecule has 0 aliphatic heterocycles. The molecule has 0 heterocycles. The maximum Gasteiger partial charge on any atom is 0.251 e. The van der Waals surface area contributed by atoms with E-state index in [0.717, 1.165) is 5.56 Å². The number of hydrogen-bond acceptors (Lipinski definition) is 3. The summed E-state index contributed by atoms with van der Waals surface area (Å²) in [5.74, 6) is -0.0989. The minimum absolute atomic E-state index is 0.0329. The molecule has 0 spiro atoms. The predicted molar refractivity (Wildman–Crippen MR) is 75.1 cm³/mol. The smallest absolute Gasteiger partial charge is 0.251 e. The molecular formula is C14H21N3O2. The molecule has 0 aliphatic rings. The topological polar surface area (TPSA) is 70.2 Å². The highest BCUT2D eigenvalue weighted by Gasteiger charge is 2.03. The van der Waals surface area contributed by atoms with Gasteiger partial charge in [0.2, 0.25) is 5.91 Å². The van der Waals surface area contributed by atoms with Crippen LogP contribution in [0.5, 0.6) is 0 Å². The van der Waals surface area contributed by atoms with Crippen molar-refractivity contribution in [3.05, 3.63) is 35.4 Å². The highest BCUT2D eigenvalue weighted by Crippen LogP contribution is 2.02. The summed E-state index contributed by atoms with van der Waals surface area (Å²) in [6.07, 6.45) is 0. The number of nitrogens with one attached hydrogen (secondary N) is 3. The van der Waals surface area contributed by atoms with Crippen molar-refractivity contribution in [3.63, 3.8) is 0 Å². The van der Waals surface area contributed by atoms with E-state index in [2.05, 4.69) is 16.0 Å². The zero-order valence-electron chi connectivity index (χ0n) is 11.5. The van der Waals surface area contributed by atoms with Crippen molar-refractivity contribution in [3.8, 4) is 0 Å². The Labute approximate surface area is 113 Å². The first kappa shape index (κ1) is 15.2. The monoisotopic (exact) mass is 263 g/mol. The normalized spacial score (nSPS) is 10.0. The van der Waals surface area contributed by atoms with Crippen LogP contribution in [0, 0.1) is 6.92 Å². The SMILES string of the molecule is CC(=O)NCCNCCNC(=O)c1ccc(C)cc1. The first-order chi connectivity index (χ1) is 9.09. The van der Waals surface area contributed by atoms with Crippen molar-refractivity contribution in [1.29, 1.82) is 0 Å². The van der Waals surface area contributed by atoms with Crippen LogP contribution in [0.15, 0.2) is 24.3 Å². The van der Waals surface area contributed by atoms with E-state index in [9.17, 15) is 9.59 Å². The molecule has 0 unspecified atom stereocenters. The minimum atomic E-state index is -0.0661.